The number of hydrogen-bond acceptors (Lipinski definition) is 3. The van der Waals surface area contributed by atoms with Gasteiger partial charge in [-0.2, -0.15) is 0 Å². The molecule has 0 spiro atoms. The quantitative estimate of drug-likeness (QED) is 0.503. The van der Waals surface area contributed by atoms with Crippen molar-refractivity contribution in [1.29, 1.82) is 0 Å². The highest BCUT2D eigenvalue weighted by molar-refractivity contribution is 7.92. The van der Waals surface area contributed by atoms with Crippen molar-refractivity contribution in [2.75, 3.05) is 0 Å². The van der Waals surface area contributed by atoms with Crippen molar-refractivity contribution in [2.45, 2.75) is 43.4 Å². The Balaban J connectivity index is 2.12. The van der Waals surface area contributed by atoms with Gasteiger partial charge in [-0.1, -0.05) is 77.4 Å². The SMILES string of the molecule is C=NC(Cc1ccc(C)cc1)(Cc1ccc(C)cc1)S(=O)(=O)c1ccc(C)cc1. The molecule has 3 aromatic carbocycles. The molecule has 3 aromatic rings. The van der Waals surface area contributed by atoms with Crippen LogP contribution in [0.2, 0.25) is 0 Å². The highest BCUT2D eigenvalue weighted by Gasteiger charge is 2.44. The molecular formula is C25H27NO2S. The number of benzene rings is 3. The Morgan fingerprint density at radius 1 is 0.690 bits per heavy atom. The minimum absolute atomic E-state index is 0.265. The van der Waals surface area contributed by atoms with Crippen LogP contribution in [0.15, 0.2) is 82.7 Å². The van der Waals surface area contributed by atoms with E-state index in [0.717, 1.165) is 27.8 Å². The Kier molecular flexibility index (Phi) is 6.04. The smallest absolute Gasteiger partial charge is 0.204 e. The van der Waals surface area contributed by atoms with Gasteiger partial charge >= 0.3 is 0 Å². The van der Waals surface area contributed by atoms with E-state index in [1.807, 2.05) is 81.4 Å². The average molecular weight is 406 g/mol. The fourth-order valence-electron chi connectivity index (χ4n) is 3.44. The van der Waals surface area contributed by atoms with Gasteiger partial charge < -0.3 is 0 Å². The number of aryl methyl sites for hydroxylation is 3. The largest absolute Gasteiger partial charge is 0.277 e. The summed E-state index contributed by atoms with van der Waals surface area (Å²) in [7, 11) is -3.78. The fraction of sp³-hybridized carbons (Fsp3) is 0.240. The second-order valence-corrected chi connectivity index (χ2v) is 9.98. The molecule has 0 saturated heterocycles. The van der Waals surface area contributed by atoms with Gasteiger partial charge in [0.2, 0.25) is 9.84 Å². The van der Waals surface area contributed by atoms with Crippen molar-refractivity contribution >= 4 is 16.6 Å². The molecular weight excluding hydrogens is 378 g/mol. The molecule has 4 heteroatoms. The maximum Gasteiger partial charge on any atom is 0.204 e. The highest BCUT2D eigenvalue weighted by atomic mass is 32.2. The summed E-state index contributed by atoms with van der Waals surface area (Å²) in [4.78, 5) is 3.18. The molecule has 3 rings (SSSR count). The summed E-state index contributed by atoms with van der Waals surface area (Å²) >= 11 is 0. The van der Waals surface area contributed by atoms with Crippen LogP contribution in [0.3, 0.4) is 0 Å². The van der Waals surface area contributed by atoms with Crippen LogP contribution in [0, 0.1) is 20.8 Å². The Morgan fingerprint density at radius 2 is 1.03 bits per heavy atom. The molecule has 0 N–H and O–H groups in total. The lowest BCUT2D eigenvalue weighted by Crippen LogP contribution is -2.41. The van der Waals surface area contributed by atoms with Crippen LogP contribution in [-0.4, -0.2) is 20.0 Å². The zero-order chi connectivity index (χ0) is 21.1. The van der Waals surface area contributed by atoms with Gasteiger partial charge in [0.05, 0.1) is 4.90 Å². The molecule has 0 aliphatic rings. The van der Waals surface area contributed by atoms with E-state index in [-0.39, 0.29) is 17.7 Å². The first kappa shape index (κ1) is 21.0. The molecule has 0 aliphatic heterocycles. The minimum atomic E-state index is -3.78. The molecule has 0 aliphatic carbocycles. The average Bonchev–Trinajstić information content (AvgIpc) is 2.71. The van der Waals surface area contributed by atoms with Crippen molar-refractivity contribution in [1.82, 2.24) is 0 Å². The van der Waals surface area contributed by atoms with Crippen molar-refractivity contribution in [3.8, 4) is 0 Å². The topological polar surface area (TPSA) is 46.5 Å². The predicted molar refractivity (Wildman–Crippen MR) is 120 cm³/mol. The van der Waals surface area contributed by atoms with Gasteiger partial charge in [0.25, 0.3) is 0 Å². The molecule has 0 bridgehead atoms. The number of nitrogens with zero attached hydrogens (tertiary/aromatic N) is 1. The van der Waals surface area contributed by atoms with E-state index in [0.29, 0.717) is 0 Å². The van der Waals surface area contributed by atoms with E-state index < -0.39 is 14.7 Å². The molecule has 0 unspecified atom stereocenters. The first-order valence-electron chi connectivity index (χ1n) is 9.66. The van der Waals surface area contributed by atoms with Crippen LogP contribution in [-0.2, 0) is 22.7 Å². The Hall–Kier alpha value is -2.72. The predicted octanol–water partition coefficient (Wildman–Crippen LogP) is 5.27. The lowest BCUT2D eigenvalue weighted by atomic mass is 9.97. The molecule has 150 valence electrons. The molecule has 3 nitrogen and oxygen atoms in total. The van der Waals surface area contributed by atoms with Gasteiger partial charge in [0, 0.05) is 12.8 Å². The lowest BCUT2D eigenvalue weighted by Gasteiger charge is -2.30. The Bertz CT molecular complexity index is 1030. The van der Waals surface area contributed by atoms with Gasteiger partial charge in [0.1, 0.15) is 0 Å². The zero-order valence-corrected chi connectivity index (χ0v) is 18.0. The molecule has 0 aromatic heterocycles. The van der Waals surface area contributed by atoms with Gasteiger partial charge in [-0.3, -0.25) is 4.99 Å². The fourth-order valence-corrected chi connectivity index (χ4v) is 5.25. The van der Waals surface area contributed by atoms with E-state index in [2.05, 4.69) is 11.7 Å². The van der Waals surface area contributed by atoms with Crippen LogP contribution >= 0.6 is 0 Å². The maximum atomic E-state index is 13.8. The second-order valence-electron chi connectivity index (χ2n) is 7.75. The van der Waals surface area contributed by atoms with Gasteiger partial charge in [-0.25, -0.2) is 8.42 Å². The monoisotopic (exact) mass is 405 g/mol. The summed E-state index contributed by atoms with van der Waals surface area (Å²) in [6, 6.07) is 22.8. The molecule has 0 amide bonds. The standard InChI is InChI=1S/C25H27NO2S/c1-19-5-11-22(12-6-19)17-25(26-4,18-23-13-7-20(2)8-14-23)29(27,28)24-15-9-21(3)10-16-24/h5-16H,4,17-18H2,1-3H3. The summed E-state index contributed by atoms with van der Waals surface area (Å²) in [5.74, 6) is 0. The third-order valence-corrected chi connectivity index (χ3v) is 7.63. The van der Waals surface area contributed by atoms with Crippen LogP contribution in [0.4, 0.5) is 0 Å². The number of aliphatic imine (C=N–C) groups is 1. The Morgan fingerprint density at radius 3 is 1.38 bits per heavy atom. The lowest BCUT2D eigenvalue weighted by molar-refractivity contribution is 0.511. The van der Waals surface area contributed by atoms with Gasteiger partial charge in [-0.05, 0) is 50.7 Å². The molecule has 0 radical (unpaired) electrons. The third-order valence-electron chi connectivity index (χ3n) is 5.32. The number of hydrogen-bond donors (Lipinski definition) is 0. The minimum Gasteiger partial charge on any atom is -0.277 e. The summed E-state index contributed by atoms with van der Waals surface area (Å²) in [5.41, 5.74) is 5.12. The third kappa shape index (κ3) is 4.48. The first-order chi connectivity index (χ1) is 13.8. The van der Waals surface area contributed by atoms with E-state index in [9.17, 15) is 8.42 Å². The van der Waals surface area contributed by atoms with Crippen molar-refractivity contribution in [3.05, 3.63) is 101 Å². The van der Waals surface area contributed by atoms with Crippen LogP contribution < -0.4 is 0 Å². The Labute approximate surface area is 174 Å². The first-order valence-corrected chi connectivity index (χ1v) is 11.1. The van der Waals surface area contributed by atoms with E-state index in [1.165, 1.54) is 0 Å². The van der Waals surface area contributed by atoms with Gasteiger partial charge in [-0.15, -0.1) is 0 Å². The van der Waals surface area contributed by atoms with E-state index >= 15 is 0 Å². The van der Waals surface area contributed by atoms with Crippen molar-refractivity contribution in [3.63, 3.8) is 0 Å². The summed E-state index contributed by atoms with van der Waals surface area (Å²) < 4.78 is 27.6. The van der Waals surface area contributed by atoms with Crippen LogP contribution in [0.5, 0.6) is 0 Å². The van der Waals surface area contributed by atoms with Crippen molar-refractivity contribution < 1.29 is 8.42 Å². The number of sulfone groups is 1. The molecule has 29 heavy (non-hydrogen) atoms. The molecule has 0 fully saturated rings. The normalized spacial score (nSPS) is 12.0. The van der Waals surface area contributed by atoms with Crippen LogP contribution in [0.1, 0.15) is 27.8 Å². The van der Waals surface area contributed by atoms with Crippen molar-refractivity contribution in [2.24, 2.45) is 4.99 Å². The maximum absolute atomic E-state index is 13.8. The summed E-state index contributed by atoms with van der Waals surface area (Å²) in [5, 5.41) is 0. The molecule has 0 atom stereocenters. The summed E-state index contributed by atoms with van der Waals surface area (Å²) in [6.07, 6.45) is 0.529. The molecule has 0 saturated carbocycles. The van der Waals surface area contributed by atoms with Crippen LogP contribution in [0.25, 0.3) is 0 Å². The summed E-state index contributed by atoms with van der Waals surface area (Å²) in [6.45, 7) is 9.70. The second kappa shape index (κ2) is 8.34. The highest BCUT2D eigenvalue weighted by Crippen LogP contribution is 2.34. The van der Waals surface area contributed by atoms with E-state index in [4.69, 9.17) is 0 Å². The number of rotatable bonds is 7. The molecule has 0 heterocycles. The van der Waals surface area contributed by atoms with Gasteiger partial charge in [0.15, 0.2) is 4.87 Å². The van der Waals surface area contributed by atoms with E-state index in [1.54, 1.807) is 12.1 Å². The zero-order valence-electron chi connectivity index (χ0n) is 17.2.